The standard InChI is InChI=1S/C19H36N2/c1-2-20-17-9-5-3-6-10-18(17)21-15-13-19(14-16-21)11-7-4-8-12-19/h17-18,20H,2-16H2,1H3. The summed E-state index contributed by atoms with van der Waals surface area (Å²) in [5, 5.41) is 3.80. The highest BCUT2D eigenvalue weighted by Crippen LogP contribution is 2.45. The molecule has 1 saturated heterocycles. The second-order valence-electron chi connectivity index (χ2n) is 7.97. The van der Waals surface area contributed by atoms with Crippen molar-refractivity contribution in [2.24, 2.45) is 5.41 Å². The molecular weight excluding hydrogens is 256 g/mol. The molecule has 3 aliphatic rings. The van der Waals surface area contributed by atoms with Crippen LogP contribution in [0.4, 0.5) is 0 Å². The Hall–Kier alpha value is -0.0800. The molecule has 2 atom stereocenters. The molecule has 0 radical (unpaired) electrons. The van der Waals surface area contributed by atoms with Gasteiger partial charge >= 0.3 is 0 Å². The molecular formula is C19H36N2. The smallest absolute Gasteiger partial charge is 0.0249 e. The summed E-state index contributed by atoms with van der Waals surface area (Å²) >= 11 is 0. The molecule has 1 N–H and O–H groups in total. The molecule has 0 aromatic heterocycles. The van der Waals surface area contributed by atoms with Gasteiger partial charge in [-0.1, -0.05) is 45.4 Å². The van der Waals surface area contributed by atoms with Crippen LogP contribution in [-0.2, 0) is 0 Å². The number of piperidine rings is 1. The maximum absolute atomic E-state index is 3.80. The summed E-state index contributed by atoms with van der Waals surface area (Å²) in [5.74, 6) is 0. The summed E-state index contributed by atoms with van der Waals surface area (Å²) in [4.78, 5) is 2.87. The number of rotatable bonds is 3. The van der Waals surface area contributed by atoms with Gasteiger partial charge in [0.05, 0.1) is 0 Å². The van der Waals surface area contributed by atoms with Crippen molar-refractivity contribution in [2.75, 3.05) is 19.6 Å². The molecule has 2 nitrogen and oxygen atoms in total. The third kappa shape index (κ3) is 3.82. The average molecular weight is 293 g/mol. The third-order valence-electron chi connectivity index (χ3n) is 6.69. The van der Waals surface area contributed by atoms with E-state index in [0.29, 0.717) is 0 Å². The zero-order valence-corrected chi connectivity index (χ0v) is 14.2. The Balaban J connectivity index is 1.58. The summed E-state index contributed by atoms with van der Waals surface area (Å²) in [6.07, 6.45) is 17.7. The third-order valence-corrected chi connectivity index (χ3v) is 6.69. The number of likely N-dealkylation sites (N-methyl/N-ethyl adjacent to an activating group) is 1. The highest BCUT2D eigenvalue weighted by atomic mass is 15.2. The molecule has 2 aliphatic carbocycles. The summed E-state index contributed by atoms with van der Waals surface area (Å²) in [6.45, 7) is 6.17. The number of hydrogen-bond acceptors (Lipinski definition) is 2. The number of likely N-dealkylation sites (tertiary alicyclic amines) is 1. The number of hydrogen-bond donors (Lipinski definition) is 1. The van der Waals surface area contributed by atoms with Crippen LogP contribution >= 0.6 is 0 Å². The van der Waals surface area contributed by atoms with Gasteiger partial charge in [-0.2, -0.15) is 0 Å². The fourth-order valence-electron chi connectivity index (χ4n) is 5.36. The van der Waals surface area contributed by atoms with E-state index in [4.69, 9.17) is 0 Å². The average Bonchev–Trinajstić information content (AvgIpc) is 2.75. The van der Waals surface area contributed by atoms with Gasteiger partial charge in [-0.25, -0.2) is 0 Å². The first kappa shape index (κ1) is 15.8. The van der Waals surface area contributed by atoms with Crippen molar-refractivity contribution >= 4 is 0 Å². The molecule has 0 aromatic rings. The van der Waals surface area contributed by atoms with E-state index in [-0.39, 0.29) is 0 Å². The predicted octanol–water partition coefficient (Wildman–Crippen LogP) is 4.34. The lowest BCUT2D eigenvalue weighted by molar-refractivity contribution is 0.0327. The summed E-state index contributed by atoms with van der Waals surface area (Å²) in [5.41, 5.74) is 0.757. The van der Waals surface area contributed by atoms with Gasteiger partial charge in [-0.15, -0.1) is 0 Å². The predicted molar refractivity (Wildman–Crippen MR) is 90.7 cm³/mol. The summed E-state index contributed by atoms with van der Waals surface area (Å²) in [7, 11) is 0. The molecule has 0 aromatic carbocycles. The largest absolute Gasteiger partial charge is 0.313 e. The second kappa shape index (κ2) is 7.46. The van der Waals surface area contributed by atoms with Crippen molar-refractivity contribution < 1.29 is 0 Å². The normalized spacial score (nSPS) is 34.7. The molecule has 0 bridgehead atoms. The van der Waals surface area contributed by atoms with Gasteiger partial charge < -0.3 is 5.32 Å². The van der Waals surface area contributed by atoms with Crippen molar-refractivity contribution in [1.29, 1.82) is 0 Å². The minimum atomic E-state index is 0.757. The highest BCUT2D eigenvalue weighted by Gasteiger charge is 2.38. The van der Waals surface area contributed by atoms with Crippen LogP contribution in [0.1, 0.15) is 84.0 Å². The van der Waals surface area contributed by atoms with Crippen LogP contribution in [0.3, 0.4) is 0 Å². The number of nitrogens with zero attached hydrogens (tertiary/aromatic N) is 1. The Morgan fingerprint density at radius 2 is 1.52 bits per heavy atom. The Kier molecular flexibility index (Phi) is 5.61. The molecule has 3 rings (SSSR count). The van der Waals surface area contributed by atoms with E-state index < -0.39 is 0 Å². The SMILES string of the molecule is CCNC1CCCCCC1N1CCC2(CCCCC2)CC1. The Morgan fingerprint density at radius 1 is 0.857 bits per heavy atom. The Bertz CT molecular complexity index is 299. The van der Waals surface area contributed by atoms with Crippen molar-refractivity contribution in [1.82, 2.24) is 10.2 Å². The van der Waals surface area contributed by atoms with Crippen LogP contribution in [0.2, 0.25) is 0 Å². The Morgan fingerprint density at radius 3 is 2.24 bits per heavy atom. The molecule has 122 valence electrons. The first-order valence-electron chi connectivity index (χ1n) is 9.80. The van der Waals surface area contributed by atoms with Crippen LogP contribution in [0.25, 0.3) is 0 Å². The molecule has 1 heterocycles. The lowest BCUT2D eigenvalue weighted by Gasteiger charge is -2.48. The van der Waals surface area contributed by atoms with Crippen molar-refractivity contribution in [3.05, 3.63) is 0 Å². The quantitative estimate of drug-likeness (QED) is 0.778. The van der Waals surface area contributed by atoms with E-state index in [9.17, 15) is 0 Å². The Labute approximate surface area is 132 Å². The minimum Gasteiger partial charge on any atom is -0.313 e. The fraction of sp³-hybridized carbons (Fsp3) is 1.00. The molecule has 0 amide bonds. The molecule has 2 saturated carbocycles. The molecule has 2 heteroatoms. The van der Waals surface area contributed by atoms with Crippen LogP contribution in [-0.4, -0.2) is 36.6 Å². The van der Waals surface area contributed by atoms with Crippen molar-refractivity contribution in [3.8, 4) is 0 Å². The zero-order valence-electron chi connectivity index (χ0n) is 14.2. The van der Waals surface area contributed by atoms with Crippen LogP contribution in [0, 0.1) is 5.41 Å². The maximum Gasteiger partial charge on any atom is 0.0249 e. The van der Waals surface area contributed by atoms with Crippen LogP contribution < -0.4 is 5.32 Å². The van der Waals surface area contributed by atoms with Gasteiger partial charge in [-0.05, 0) is 63.6 Å². The van der Waals surface area contributed by atoms with Gasteiger partial charge in [0, 0.05) is 12.1 Å². The van der Waals surface area contributed by atoms with E-state index >= 15 is 0 Å². The highest BCUT2D eigenvalue weighted by molar-refractivity contribution is 4.93. The van der Waals surface area contributed by atoms with Gasteiger partial charge in [0.15, 0.2) is 0 Å². The van der Waals surface area contributed by atoms with E-state index in [1.807, 2.05) is 0 Å². The van der Waals surface area contributed by atoms with Gasteiger partial charge in [0.2, 0.25) is 0 Å². The van der Waals surface area contributed by atoms with Crippen LogP contribution in [0.15, 0.2) is 0 Å². The lowest BCUT2D eigenvalue weighted by atomic mass is 9.68. The maximum atomic E-state index is 3.80. The van der Waals surface area contributed by atoms with E-state index in [2.05, 4.69) is 17.1 Å². The first-order valence-corrected chi connectivity index (χ1v) is 9.80. The van der Waals surface area contributed by atoms with E-state index in [0.717, 1.165) is 24.0 Å². The summed E-state index contributed by atoms with van der Waals surface area (Å²) < 4.78 is 0. The van der Waals surface area contributed by atoms with Gasteiger partial charge in [0.25, 0.3) is 0 Å². The van der Waals surface area contributed by atoms with Crippen molar-refractivity contribution in [3.63, 3.8) is 0 Å². The van der Waals surface area contributed by atoms with Crippen molar-refractivity contribution in [2.45, 2.75) is 96.1 Å². The summed E-state index contributed by atoms with van der Waals surface area (Å²) in [6, 6.07) is 1.59. The molecule has 3 fully saturated rings. The topological polar surface area (TPSA) is 15.3 Å². The van der Waals surface area contributed by atoms with Gasteiger partial charge in [-0.3, -0.25) is 4.90 Å². The molecule has 2 unspecified atom stereocenters. The van der Waals surface area contributed by atoms with Crippen LogP contribution in [0.5, 0.6) is 0 Å². The second-order valence-corrected chi connectivity index (χ2v) is 7.97. The number of nitrogens with one attached hydrogen (secondary N) is 1. The monoisotopic (exact) mass is 292 g/mol. The van der Waals surface area contributed by atoms with E-state index in [1.165, 1.54) is 90.1 Å². The first-order chi connectivity index (χ1) is 10.3. The molecule has 1 aliphatic heterocycles. The van der Waals surface area contributed by atoms with Gasteiger partial charge in [0.1, 0.15) is 0 Å². The fourth-order valence-corrected chi connectivity index (χ4v) is 5.36. The lowest BCUT2D eigenvalue weighted by Crippen LogP contribution is -2.53. The molecule has 21 heavy (non-hydrogen) atoms. The minimum absolute atomic E-state index is 0.757. The van der Waals surface area contributed by atoms with E-state index in [1.54, 1.807) is 0 Å². The zero-order chi connectivity index (χ0) is 14.5. The molecule has 1 spiro atoms.